The average molecular weight is 308 g/mol. The van der Waals surface area contributed by atoms with Gasteiger partial charge in [-0.25, -0.2) is 4.39 Å². The van der Waals surface area contributed by atoms with E-state index in [1.165, 1.54) is 11.0 Å². The molecule has 6 heteroatoms. The number of nitrogens with zero attached hydrogens (tertiary/aromatic N) is 2. The molecule has 0 spiro atoms. The Hall–Kier alpha value is -1.95. The minimum atomic E-state index is -0.954. The highest BCUT2D eigenvalue weighted by molar-refractivity contribution is 5.98. The van der Waals surface area contributed by atoms with Gasteiger partial charge in [-0.2, -0.15) is 0 Å². The molecule has 1 heterocycles. The van der Waals surface area contributed by atoms with Gasteiger partial charge >= 0.3 is 5.97 Å². The zero-order chi connectivity index (χ0) is 16.1. The minimum absolute atomic E-state index is 0.171. The molecule has 0 bridgehead atoms. The molecule has 1 amide bonds. The lowest BCUT2D eigenvalue weighted by molar-refractivity contribution is -0.140. The maximum atomic E-state index is 13.9. The minimum Gasteiger partial charge on any atom is -0.480 e. The third kappa shape index (κ3) is 3.62. The number of benzene rings is 1. The number of rotatable bonds is 6. The molecular weight excluding hydrogens is 287 g/mol. The predicted octanol–water partition coefficient (Wildman–Crippen LogP) is 2.12. The fourth-order valence-corrected chi connectivity index (χ4v) is 2.91. The van der Waals surface area contributed by atoms with E-state index in [2.05, 4.69) is 0 Å². The zero-order valence-electron chi connectivity index (χ0n) is 12.7. The maximum absolute atomic E-state index is 13.9. The lowest BCUT2D eigenvalue weighted by atomic mass is 10.0. The van der Waals surface area contributed by atoms with Gasteiger partial charge in [-0.15, -0.1) is 0 Å². The fraction of sp³-hybridized carbons (Fsp3) is 0.500. The van der Waals surface area contributed by atoms with E-state index in [1.807, 2.05) is 6.92 Å². The summed E-state index contributed by atoms with van der Waals surface area (Å²) in [7, 11) is 0. The summed E-state index contributed by atoms with van der Waals surface area (Å²) in [5.74, 6) is -1.60. The molecule has 5 nitrogen and oxygen atoms in total. The largest absolute Gasteiger partial charge is 0.480 e. The van der Waals surface area contributed by atoms with Gasteiger partial charge in [0.05, 0.1) is 18.3 Å². The van der Waals surface area contributed by atoms with Crippen LogP contribution in [0.1, 0.15) is 26.2 Å². The Bertz CT molecular complexity index is 550. The van der Waals surface area contributed by atoms with Gasteiger partial charge in [0.25, 0.3) is 0 Å². The molecule has 22 heavy (non-hydrogen) atoms. The van der Waals surface area contributed by atoms with E-state index in [1.54, 1.807) is 23.1 Å². The first-order chi connectivity index (χ1) is 10.5. The Morgan fingerprint density at radius 3 is 2.82 bits per heavy atom. The van der Waals surface area contributed by atoms with Gasteiger partial charge in [-0.3, -0.25) is 14.5 Å². The number of hydrogen-bond donors (Lipinski definition) is 1. The van der Waals surface area contributed by atoms with Gasteiger partial charge in [0.2, 0.25) is 5.91 Å². The first kappa shape index (κ1) is 16.4. The van der Waals surface area contributed by atoms with Gasteiger partial charge in [-0.05, 0) is 37.9 Å². The van der Waals surface area contributed by atoms with Gasteiger partial charge in [0, 0.05) is 6.54 Å². The van der Waals surface area contributed by atoms with Crippen LogP contribution in [0.5, 0.6) is 0 Å². The number of halogens is 1. The molecule has 1 aliphatic rings. The molecule has 120 valence electrons. The highest BCUT2D eigenvalue weighted by Gasteiger charge is 2.35. The number of piperidine rings is 1. The van der Waals surface area contributed by atoms with Crippen LogP contribution in [-0.2, 0) is 9.59 Å². The van der Waals surface area contributed by atoms with Crippen molar-refractivity contribution in [2.24, 2.45) is 0 Å². The standard InChI is InChI=1S/C16H21FN2O3/c1-2-9-18(11-15(20)21)14-8-5-10-19(16(14)22)13-7-4-3-6-12(13)17/h3-4,6-7,14H,2,5,8-11H2,1H3,(H,20,21). The molecule has 1 fully saturated rings. The molecule has 1 atom stereocenters. The number of carbonyl (C=O) groups excluding carboxylic acids is 1. The van der Waals surface area contributed by atoms with E-state index in [0.717, 1.165) is 12.8 Å². The molecule has 0 aliphatic carbocycles. The normalized spacial score (nSPS) is 18.8. The number of amides is 1. The Morgan fingerprint density at radius 2 is 2.18 bits per heavy atom. The van der Waals surface area contributed by atoms with Gasteiger partial charge in [-0.1, -0.05) is 19.1 Å². The maximum Gasteiger partial charge on any atom is 0.317 e. The summed E-state index contributed by atoms with van der Waals surface area (Å²) < 4.78 is 13.9. The monoisotopic (exact) mass is 308 g/mol. The third-order valence-corrected chi connectivity index (χ3v) is 3.84. The number of anilines is 1. The van der Waals surface area contributed by atoms with Crippen molar-refractivity contribution in [3.63, 3.8) is 0 Å². The number of carboxylic acids is 1. The predicted molar refractivity (Wildman–Crippen MR) is 81.3 cm³/mol. The third-order valence-electron chi connectivity index (χ3n) is 3.84. The highest BCUT2D eigenvalue weighted by Crippen LogP contribution is 2.26. The van der Waals surface area contributed by atoms with Crippen molar-refractivity contribution in [1.29, 1.82) is 0 Å². The molecule has 1 unspecified atom stereocenters. The quantitative estimate of drug-likeness (QED) is 0.874. The summed E-state index contributed by atoms with van der Waals surface area (Å²) in [5.41, 5.74) is 0.268. The molecule has 0 aromatic heterocycles. The zero-order valence-corrected chi connectivity index (χ0v) is 12.7. The number of aliphatic carboxylic acids is 1. The lowest BCUT2D eigenvalue weighted by Gasteiger charge is -2.37. The summed E-state index contributed by atoms with van der Waals surface area (Å²) in [6.45, 7) is 2.77. The second-order valence-electron chi connectivity index (χ2n) is 5.46. The molecule has 0 saturated carbocycles. The van der Waals surface area contributed by atoms with E-state index in [-0.39, 0.29) is 18.1 Å². The van der Waals surface area contributed by atoms with Crippen LogP contribution in [-0.4, -0.2) is 47.6 Å². The topological polar surface area (TPSA) is 60.9 Å². The van der Waals surface area contributed by atoms with Crippen molar-refractivity contribution in [3.05, 3.63) is 30.1 Å². The van der Waals surface area contributed by atoms with Crippen molar-refractivity contribution in [1.82, 2.24) is 4.90 Å². The van der Waals surface area contributed by atoms with Crippen LogP contribution >= 0.6 is 0 Å². The van der Waals surface area contributed by atoms with Gasteiger partial charge in [0.1, 0.15) is 5.82 Å². The molecule has 1 aromatic rings. The molecule has 2 rings (SSSR count). The van der Waals surface area contributed by atoms with Crippen molar-refractivity contribution in [2.45, 2.75) is 32.2 Å². The second-order valence-corrected chi connectivity index (χ2v) is 5.46. The Morgan fingerprint density at radius 1 is 1.45 bits per heavy atom. The summed E-state index contributed by atoms with van der Waals surface area (Å²) >= 11 is 0. The average Bonchev–Trinajstić information content (AvgIpc) is 2.48. The highest BCUT2D eigenvalue weighted by atomic mass is 19.1. The lowest BCUT2D eigenvalue weighted by Crippen LogP contribution is -2.54. The second kappa shape index (κ2) is 7.35. The van der Waals surface area contributed by atoms with Crippen LogP contribution in [0, 0.1) is 5.82 Å². The van der Waals surface area contributed by atoms with Crippen LogP contribution in [0.4, 0.5) is 10.1 Å². The smallest absolute Gasteiger partial charge is 0.317 e. The molecule has 1 N–H and O–H groups in total. The van der Waals surface area contributed by atoms with Crippen LogP contribution < -0.4 is 4.90 Å². The van der Waals surface area contributed by atoms with Gasteiger partial charge in [0.15, 0.2) is 0 Å². The first-order valence-electron chi connectivity index (χ1n) is 7.56. The van der Waals surface area contributed by atoms with Crippen LogP contribution in [0.15, 0.2) is 24.3 Å². The number of carboxylic acid groups (broad SMARTS) is 1. The van der Waals surface area contributed by atoms with E-state index >= 15 is 0 Å². The summed E-state index contributed by atoms with van der Waals surface area (Å²) in [5, 5.41) is 9.03. The number of hydrogen-bond acceptors (Lipinski definition) is 3. The molecule has 1 aliphatic heterocycles. The van der Waals surface area contributed by atoms with E-state index in [9.17, 15) is 14.0 Å². The Labute approximate surface area is 129 Å². The molecular formula is C16H21FN2O3. The SMILES string of the molecule is CCCN(CC(=O)O)C1CCCN(c2ccccc2F)C1=O. The van der Waals surface area contributed by atoms with Crippen molar-refractivity contribution in [2.75, 3.05) is 24.5 Å². The van der Waals surface area contributed by atoms with E-state index in [4.69, 9.17) is 5.11 Å². The van der Waals surface area contributed by atoms with Gasteiger partial charge < -0.3 is 10.0 Å². The summed E-state index contributed by atoms with van der Waals surface area (Å²) in [6, 6.07) is 5.68. The Kier molecular flexibility index (Phi) is 5.49. The van der Waals surface area contributed by atoms with Crippen LogP contribution in [0.2, 0.25) is 0 Å². The summed E-state index contributed by atoms with van der Waals surface area (Å²) in [4.78, 5) is 26.8. The van der Waals surface area contributed by atoms with Crippen molar-refractivity contribution >= 4 is 17.6 Å². The molecule has 1 aromatic carbocycles. The molecule has 0 radical (unpaired) electrons. The number of para-hydroxylation sites is 1. The van der Waals surface area contributed by atoms with Crippen molar-refractivity contribution < 1.29 is 19.1 Å². The van der Waals surface area contributed by atoms with Crippen molar-refractivity contribution in [3.8, 4) is 0 Å². The number of carbonyl (C=O) groups is 2. The summed E-state index contributed by atoms with van der Waals surface area (Å²) in [6.07, 6.45) is 2.10. The van der Waals surface area contributed by atoms with Crippen LogP contribution in [0.3, 0.4) is 0 Å². The van der Waals surface area contributed by atoms with E-state index in [0.29, 0.717) is 19.5 Å². The fourth-order valence-electron chi connectivity index (χ4n) is 2.91. The Balaban J connectivity index is 2.22. The van der Waals surface area contributed by atoms with Crippen LogP contribution in [0.25, 0.3) is 0 Å². The molecule has 1 saturated heterocycles. The van der Waals surface area contributed by atoms with E-state index < -0.39 is 17.8 Å². The first-order valence-corrected chi connectivity index (χ1v) is 7.56.